The van der Waals surface area contributed by atoms with Gasteiger partial charge in [0, 0.05) is 0 Å². The molecule has 3 aliphatic carbocycles. The van der Waals surface area contributed by atoms with E-state index in [9.17, 15) is 0 Å². The first-order valence-electron chi connectivity index (χ1n) is 12.2. The van der Waals surface area contributed by atoms with Gasteiger partial charge in [-0.05, 0) is 0 Å². The van der Waals surface area contributed by atoms with Crippen molar-refractivity contribution in [3.8, 4) is 0 Å². The fourth-order valence-corrected chi connectivity index (χ4v) is 21.3. The van der Waals surface area contributed by atoms with Crippen LogP contribution >= 0.6 is 9.30 Å². The predicted molar refractivity (Wildman–Crippen MR) is 140 cm³/mol. The molecule has 0 aromatic carbocycles. The molecule has 0 fully saturated rings. The van der Waals surface area contributed by atoms with Gasteiger partial charge in [-0.15, -0.1) is 0 Å². The van der Waals surface area contributed by atoms with Crippen LogP contribution in [-0.4, -0.2) is 0 Å². The molecule has 0 saturated heterocycles. The minimum absolute atomic E-state index is 0.0164. The predicted octanol–water partition coefficient (Wildman–Crippen LogP) is 10.2. The summed E-state index contributed by atoms with van der Waals surface area (Å²) in [5.74, 6) is 0. The standard InChI is InChI=1S/3C10H15.ClH.Ti/c3*1-7-6-10(4,5)9(3)8(7)2;;/h3*1-5H3;1H;/q;;;;+1/p-1. The molecule has 3 rings (SSSR count). The Balaban J connectivity index is 2.54. The van der Waals surface area contributed by atoms with Gasteiger partial charge < -0.3 is 0 Å². The van der Waals surface area contributed by atoms with Gasteiger partial charge in [-0.1, -0.05) is 0 Å². The average molecular weight is 489 g/mol. The van der Waals surface area contributed by atoms with Gasteiger partial charge in [0.1, 0.15) is 0 Å². The van der Waals surface area contributed by atoms with Crippen molar-refractivity contribution in [2.45, 2.75) is 104 Å². The summed E-state index contributed by atoms with van der Waals surface area (Å²) in [5.41, 5.74) is 13.2. The first-order chi connectivity index (χ1) is 14.3. The van der Waals surface area contributed by atoms with Crippen LogP contribution in [0, 0.1) is 16.2 Å². The Morgan fingerprint density at radius 1 is 0.406 bits per heavy atom. The molecule has 0 aromatic heterocycles. The summed E-state index contributed by atoms with van der Waals surface area (Å²) in [7, 11) is 8.52. The third kappa shape index (κ3) is 2.98. The van der Waals surface area contributed by atoms with Crippen molar-refractivity contribution in [1.29, 1.82) is 0 Å². The van der Waals surface area contributed by atoms with Crippen LogP contribution in [0.2, 0.25) is 0 Å². The molecule has 3 aliphatic rings. The van der Waals surface area contributed by atoms with Crippen molar-refractivity contribution in [3.05, 3.63) is 61.8 Å². The van der Waals surface area contributed by atoms with Gasteiger partial charge in [0.15, 0.2) is 0 Å². The van der Waals surface area contributed by atoms with E-state index in [1.807, 2.05) is 0 Å². The summed E-state index contributed by atoms with van der Waals surface area (Å²) in [6.07, 6.45) is 0. The van der Waals surface area contributed by atoms with Gasteiger partial charge >= 0.3 is 207 Å². The van der Waals surface area contributed by atoms with Crippen LogP contribution in [0.4, 0.5) is 0 Å². The van der Waals surface area contributed by atoms with Gasteiger partial charge in [0.05, 0.1) is 0 Å². The van der Waals surface area contributed by atoms with E-state index in [-0.39, 0.29) is 16.2 Å². The molecule has 0 bridgehead atoms. The number of allylic oxidation sites excluding steroid dienone is 12. The molecule has 176 valence electrons. The number of rotatable bonds is 3. The molecule has 0 atom stereocenters. The fourth-order valence-electron chi connectivity index (χ4n) is 7.22. The van der Waals surface area contributed by atoms with Crippen molar-refractivity contribution >= 4 is 9.30 Å². The minimum atomic E-state index is -3.56. The summed E-state index contributed by atoms with van der Waals surface area (Å²) in [6, 6.07) is 0. The zero-order valence-electron chi connectivity index (χ0n) is 23.4. The summed E-state index contributed by atoms with van der Waals surface area (Å²) in [6.45, 7) is 35.5. The van der Waals surface area contributed by atoms with Gasteiger partial charge in [0.25, 0.3) is 0 Å². The van der Waals surface area contributed by atoms with Crippen LogP contribution in [-0.2, 0) is 15.5 Å². The first-order valence-corrected chi connectivity index (χ1v) is 16.7. The topological polar surface area (TPSA) is 0 Å². The molecule has 0 aromatic rings. The fraction of sp³-hybridized carbons (Fsp3) is 0.600. The van der Waals surface area contributed by atoms with E-state index in [0.717, 1.165) is 0 Å². The van der Waals surface area contributed by atoms with E-state index in [0.29, 0.717) is 0 Å². The first kappa shape index (κ1) is 26.1. The van der Waals surface area contributed by atoms with E-state index in [4.69, 9.17) is 9.30 Å². The number of hydrogen-bond acceptors (Lipinski definition) is 0. The maximum absolute atomic E-state index is 8.52. The molecule has 0 unspecified atom stereocenters. The second-order valence-corrected chi connectivity index (χ2v) is 19.0. The van der Waals surface area contributed by atoms with Crippen molar-refractivity contribution < 1.29 is 15.5 Å². The van der Waals surface area contributed by atoms with Crippen LogP contribution < -0.4 is 0 Å². The second kappa shape index (κ2) is 7.47. The van der Waals surface area contributed by atoms with Gasteiger partial charge in [-0.3, -0.25) is 0 Å². The number of halogens is 1. The zero-order chi connectivity index (χ0) is 24.9. The second-order valence-electron chi connectivity index (χ2n) is 12.3. The molecule has 0 amide bonds. The van der Waals surface area contributed by atoms with Crippen LogP contribution in [0.15, 0.2) is 61.8 Å². The monoisotopic (exact) mass is 488 g/mol. The Morgan fingerprint density at radius 2 is 0.594 bits per heavy atom. The Hall–Kier alpha value is -0.556. The number of hydrogen-bond donors (Lipinski definition) is 0. The van der Waals surface area contributed by atoms with Crippen LogP contribution in [0.25, 0.3) is 0 Å². The summed E-state index contributed by atoms with van der Waals surface area (Å²) in [5, 5.41) is 0. The van der Waals surface area contributed by atoms with Crippen LogP contribution in [0.5, 0.6) is 0 Å². The van der Waals surface area contributed by atoms with Gasteiger partial charge in [-0.2, -0.15) is 0 Å². The Morgan fingerprint density at radius 3 is 0.719 bits per heavy atom. The third-order valence-corrected chi connectivity index (χ3v) is 20.5. The Kier molecular flexibility index (Phi) is 6.08. The maximum atomic E-state index is 8.52. The molecule has 0 aliphatic heterocycles. The molecule has 2 heteroatoms. The normalized spacial score (nSPS) is 25.5. The van der Waals surface area contributed by atoms with Crippen molar-refractivity contribution in [2.75, 3.05) is 0 Å². The molecule has 0 heterocycles. The molecule has 0 saturated carbocycles. The summed E-state index contributed by atoms with van der Waals surface area (Å²) < 4.78 is 4.72. The molecule has 0 N–H and O–H groups in total. The van der Waals surface area contributed by atoms with Crippen molar-refractivity contribution in [2.24, 2.45) is 16.2 Å². The quantitative estimate of drug-likeness (QED) is 0.346. The SMILES string of the molecule is CC1=C(C)C(C)(C)[C]([Ti]([Cl])([C]2=C(C)C(C)=C(C)C2(C)C)[C]2=C(C)C(C)=C(C)C2(C)C)=C1C. The molecular formula is C30H45ClTi. The zero-order valence-corrected chi connectivity index (χ0v) is 25.7. The Labute approximate surface area is 205 Å². The molecular weight excluding hydrogens is 444 g/mol. The summed E-state index contributed by atoms with van der Waals surface area (Å²) in [4.78, 5) is 0. The van der Waals surface area contributed by atoms with Crippen LogP contribution in [0.3, 0.4) is 0 Å². The van der Waals surface area contributed by atoms with E-state index in [1.54, 1.807) is 11.6 Å². The van der Waals surface area contributed by atoms with Gasteiger partial charge in [0.2, 0.25) is 0 Å². The average Bonchev–Trinajstić information content (AvgIpc) is 3.01. The van der Waals surface area contributed by atoms with Crippen LogP contribution in [0.1, 0.15) is 104 Å². The molecule has 0 spiro atoms. The molecule has 32 heavy (non-hydrogen) atoms. The molecule has 0 nitrogen and oxygen atoms in total. The van der Waals surface area contributed by atoms with E-state index in [2.05, 4.69) is 104 Å². The van der Waals surface area contributed by atoms with E-state index < -0.39 is 15.5 Å². The third-order valence-electron chi connectivity index (χ3n) is 10.2. The van der Waals surface area contributed by atoms with Gasteiger partial charge in [-0.25, -0.2) is 0 Å². The van der Waals surface area contributed by atoms with Crippen molar-refractivity contribution in [3.63, 3.8) is 0 Å². The Bertz CT molecular complexity index is 979. The van der Waals surface area contributed by atoms with E-state index in [1.165, 1.54) is 50.2 Å². The van der Waals surface area contributed by atoms with E-state index >= 15 is 0 Å². The molecule has 0 radical (unpaired) electrons. The van der Waals surface area contributed by atoms with Crippen molar-refractivity contribution in [1.82, 2.24) is 0 Å². The summed E-state index contributed by atoms with van der Waals surface area (Å²) >= 11 is -3.56.